The highest BCUT2D eigenvalue weighted by Crippen LogP contribution is 2.24. The summed E-state index contributed by atoms with van der Waals surface area (Å²) in [5, 5.41) is 4.08. The maximum atomic E-state index is 12.4. The zero-order valence-corrected chi connectivity index (χ0v) is 13.6. The van der Waals surface area contributed by atoms with Crippen LogP contribution in [0, 0.1) is 0 Å². The van der Waals surface area contributed by atoms with Crippen LogP contribution in [0.2, 0.25) is 0 Å². The van der Waals surface area contributed by atoms with Gasteiger partial charge < -0.3 is 9.88 Å². The SMILES string of the molecule is [B]c1cn(CC)c2ncc(NC3Cc4ccccc4C3)cc2c1=O. The third-order valence-corrected chi connectivity index (χ3v) is 4.70. The van der Waals surface area contributed by atoms with E-state index in [1.807, 2.05) is 17.6 Å². The minimum absolute atomic E-state index is 0.152. The summed E-state index contributed by atoms with van der Waals surface area (Å²) < 4.78 is 1.90. The van der Waals surface area contributed by atoms with Crippen molar-refractivity contribution in [2.45, 2.75) is 32.4 Å². The number of fused-ring (bicyclic) bond motifs is 2. The molecule has 1 aliphatic carbocycles. The quantitative estimate of drug-likeness (QED) is 0.750. The van der Waals surface area contributed by atoms with Crippen LogP contribution in [0.5, 0.6) is 0 Å². The molecule has 4 nitrogen and oxygen atoms in total. The van der Waals surface area contributed by atoms with Crippen LogP contribution >= 0.6 is 0 Å². The minimum Gasteiger partial charge on any atom is -0.380 e. The molecule has 0 aliphatic heterocycles. The second-order valence-corrected chi connectivity index (χ2v) is 6.31. The van der Waals surface area contributed by atoms with Gasteiger partial charge in [-0.3, -0.25) is 4.79 Å². The lowest BCUT2D eigenvalue weighted by Crippen LogP contribution is -2.28. The number of nitrogens with zero attached hydrogens (tertiary/aromatic N) is 2. The smallest absolute Gasteiger partial charge is 0.184 e. The Hall–Kier alpha value is -2.56. The van der Waals surface area contributed by atoms with E-state index in [1.165, 1.54) is 11.1 Å². The number of rotatable bonds is 3. The van der Waals surface area contributed by atoms with E-state index in [-0.39, 0.29) is 10.9 Å². The summed E-state index contributed by atoms with van der Waals surface area (Å²) in [6, 6.07) is 10.7. The number of aryl methyl sites for hydroxylation is 1. The van der Waals surface area contributed by atoms with E-state index >= 15 is 0 Å². The lowest BCUT2D eigenvalue weighted by atomic mass is 9.96. The lowest BCUT2D eigenvalue weighted by Gasteiger charge is -2.15. The molecule has 0 saturated heterocycles. The van der Waals surface area contributed by atoms with E-state index in [0.29, 0.717) is 17.1 Å². The summed E-state index contributed by atoms with van der Waals surface area (Å²) in [6.07, 6.45) is 5.44. The van der Waals surface area contributed by atoms with Gasteiger partial charge in [-0.25, -0.2) is 4.98 Å². The molecular formula is C19H18BN3O. The highest BCUT2D eigenvalue weighted by Gasteiger charge is 2.21. The first-order valence-electron chi connectivity index (χ1n) is 8.27. The van der Waals surface area contributed by atoms with Crippen molar-refractivity contribution in [2.24, 2.45) is 0 Å². The zero-order chi connectivity index (χ0) is 16.7. The molecule has 0 amide bonds. The topological polar surface area (TPSA) is 46.9 Å². The highest BCUT2D eigenvalue weighted by molar-refractivity contribution is 6.32. The van der Waals surface area contributed by atoms with Crippen molar-refractivity contribution in [3.05, 3.63) is 64.1 Å². The maximum Gasteiger partial charge on any atom is 0.184 e. The summed E-state index contributed by atoms with van der Waals surface area (Å²) in [6.45, 7) is 2.73. The predicted molar refractivity (Wildman–Crippen MR) is 98.3 cm³/mol. The molecule has 3 aromatic rings. The lowest BCUT2D eigenvalue weighted by molar-refractivity contribution is 0.770. The molecule has 118 valence electrons. The van der Waals surface area contributed by atoms with Crippen molar-refractivity contribution in [3.8, 4) is 0 Å². The fourth-order valence-electron chi connectivity index (χ4n) is 3.51. The average molecular weight is 315 g/mol. The van der Waals surface area contributed by atoms with Crippen LogP contribution < -0.4 is 16.2 Å². The largest absolute Gasteiger partial charge is 0.380 e. The molecule has 1 aliphatic rings. The first kappa shape index (κ1) is 15.0. The summed E-state index contributed by atoms with van der Waals surface area (Å²) in [5.74, 6) is 0. The van der Waals surface area contributed by atoms with Crippen LogP contribution in [0.25, 0.3) is 11.0 Å². The van der Waals surface area contributed by atoms with Gasteiger partial charge in [0.1, 0.15) is 13.5 Å². The molecule has 1 N–H and O–H groups in total. The second kappa shape index (κ2) is 5.82. The molecule has 24 heavy (non-hydrogen) atoms. The van der Waals surface area contributed by atoms with E-state index in [0.717, 1.165) is 25.1 Å². The van der Waals surface area contributed by atoms with Gasteiger partial charge in [0.05, 0.1) is 17.3 Å². The third-order valence-electron chi connectivity index (χ3n) is 4.70. The molecule has 0 atom stereocenters. The molecule has 0 fully saturated rings. The first-order valence-corrected chi connectivity index (χ1v) is 8.27. The summed E-state index contributed by atoms with van der Waals surface area (Å²) in [4.78, 5) is 16.8. The Bertz CT molecular complexity index is 955. The molecule has 0 bridgehead atoms. The summed E-state index contributed by atoms with van der Waals surface area (Å²) in [7, 11) is 5.85. The van der Waals surface area contributed by atoms with Crippen molar-refractivity contribution in [1.82, 2.24) is 9.55 Å². The van der Waals surface area contributed by atoms with Crippen LogP contribution in [0.15, 0.2) is 47.5 Å². The number of hydrogen-bond donors (Lipinski definition) is 1. The van der Waals surface area contributed by atoms with Crippen molar-refractivity contribution in [1.29, 1.82) is 0 Å². The number of anilines is 1. The fourth-order valence-corrected chi connectivity index (χ4v) is 3.51. The van der Waals surface area contributed by atoms with Crippen LogP contribution in [-0.2, 0) is 19.4 Å². The van der Waals surface area contributed by atoms with Crippen molar-refractivity contribution in [3.63, 3.8) is 0 Å². The van der Waals surface area contributed by atoms with Gasteiger partial charge in [0.25, 0.3) is 0 Å². The monoisotopic (exact) mass is 315 g/mol. The Morgan fingerprint density at radius 3 is 2.67 bits per heavy atom. The van der Waals surface area contributed by atoms with Gasteiger partial charge >= 0.3 is 0 Å². The molecule has 0 spiro atoms. The Morgan fingerprint density at radius 2 is 2.00 bits per heavy atom. The van der Waals surface area contributed by atoms with E-state index < -0.39 is 0 Å². The van der Waals surface area contributed by atoms with Gasteiger partial charge in [-0.15, -0.1) is 0 Å². The Kier molecular flexibility index (Phi) is 3.64. The number of benzene rings is 1. The van der Waals surface area contributed by atoms with Crippen LogP contribution in [0.3, 0.4) is 0 Å². The molecule has 2 radical (unpaired) electrons. The Labute approximate surface area is 142 Å². The van der Waals surface area contributed by atoms with Crippen LogP contribution in [-0.4, -0.2) is 23.4 Å². The predicted octanol–water partition coefficient (Wildman–Crippen LogP) is 1.79. The van der Waals surface area contributed by atoms with E-state index in [1.54, 1.807) is 12.4 Å². The van der Waals surface area contributed by atoms with Crippen LogP contribution in [0.4, 0.5) is 5.69 Å². The van der Waals surface area contributed by atoms with E-state index in [4.69, 9.17) is 7.85 Å². The van der Waals surface area contributed by atoms with Gasteiger partial charge in [0.15, 0.2) is 5.43 Å². The van der Waals surface area contributed by atoms with Crippen LogP contribution in [0.1, 0.15) is 18.1 Å². The van der Waals surface area contributed by atoms with Gasteiger partial charge in [-0.05, 0) is 42.4 Å². The Balaban J connectivity index is 1.67. The molecule has 0 unspecified atom stereocenters. The molecule has 5 heteroatoms. The second-order valence-electron chi connectivity index (χ2n) is 6.31. The molecule has 4 rings (SSSR count). The summed E-state index contributed by atoms with van der Waals surface area (Å²) >= 11 is 0. The van der Waals surface area contributed by atoms with Gasteiger partial charge in [0.2, 0.25) is 0 Å². The zero-order valence-electron chi connectivity index (χ0n) is 13.6. The number of hydrogen-bond acceptors (Lipinski definition) is 3. The molecule has 0 saturated carbocycles. The molecule has 1 aromatic carbocycles. The Morgan fingerprint density at radius 1 is 1.29 bits per heavy atom. The van der Waals surface area contributed by atoms with Gasteiger partial charge in [-0.2, -0.15) is 0 Å². The number of aromatic nitrogens is 2. The molecule has 2 heterocycles. The third kappa shape index (κ3) is 2.50. The molecule has 2 aromatic heterocycles. The molecular weight excluding hydrogens is 297 g/mol. The summed E-state index contributed by atoms with van der Waals surface area (Å²) in [5.41, 5.74) is 4.43. The number of pyridine rings is 2. The fraction of sp³-hybridized carbons (Fsp3) is 0.263. The van der Waals surface area contributed by atoms with E-state index in [2.05, 4.69) is 34.6 Å². The standard InChI is InChI=1S/C19H18BN3O/c1-2-23-11-17(20)18(24)16-9-15(10-21-19(16)23)22-14-7-12-5-3-4-6-13(12)8-14/h3-6,9-11,14,22H,2,7-8H2,1H3. The van der Waals surface area contributed by atoms with Crippen molar-refractivity contribution < 1.29 is 0 Å². The first-order chi connectivity index (χ1) is 11.7. The normalized spacial score (nSPS) is 14.0. The van der Waals surface area contributed by atoms with Gasteiger partial charge in [-0.1, -0.05) is 24.3 Å². The average Bonchev–Trinajstić information content (AvgIpc) is 3.00. The highest BCUT2D eigenvalue weighted by atomic mass is 16.1. The van der Waals surface area contributed by atoms with Gasteiger partial charge in [0, 0.05) is 18.8 Å². The number of nitrogens with one attached hydrogen (secondary N) is 1. The van der Waals surface area contributed by atoms with Crippen molar-refractivity contribution >= 4 is 30.0 Å². The maximum absolute atomic E-state index is 12.4. The van der Waals surface area contributed by atoms with E-state index in [9.17, 15) is 4.79 Å². The van der Waals surface area contributed by atoms with Crippen molar-refractivity contribution in [2.75, 3.05) is 5.32 Å². The minimum atomic E-state index is -0.152.